The Morgan fingerprint density at radius 3 is 2.33 bits per heavy atom. The highest BCUT2D eigenvalue weighted by molar-refractivity contribution is 5.53. The Bertz CT molecular complexity index is 662. The van der Waals surface area contributed by atoms with Gasteiger partial charge in [0.05, 0.1) is 6.54 Å². The Balaban J connectivity index is 1.71. The molecule has 1 saturated heterocycles. The molecule has 3 rings (SSSR count). The number of aromatic nitrogens is 3. The monoisotopic (exact) mass is 327 g/mol. The number of hydrogen-bond acceptors (Lipinski definition) is 7. The minimum Gasteiger partial charge on any atom is -0.371 e. The lowest BCUT2D eigenvalue weighted by molar-refractivity contribution is 0.310. The van der Waals surface area contributed by atoms with Gasteiger partial charge in [-0.15, -0.1) is 0 Å². The Morgan fingerprint density at radius 2 is 1.62 bits per heavy atom. The van der Waals surface area contributed by atoms with Crippen LogP contribution in [-0.4, -0.2) is 40.0 Å². The van der Waals surface area contributed by atoms with Gasteiger partial charge in [-0.1, -0.05) is 18.2 Å². The van der Waals surface area contributed by atoms with E-state index in [9.17, 15) is 0 Å². The van der Waals surface area contributed by atoms with Crippen LogP contribution in [0.2, 0.25) is 0 Å². The van der Waals surface area contributed by atoms with Gasteiger partial charge in [0.25, 0.3) is 0 Å². The number of nitrogens with zero attached hydrogens (tertiary/aromatic N) is 5. The van der Waals surface area contributed by atoms with Gasteiger partial charge in [-0.05, 0) is 37.9 Å². The van der Waals surface area contributed by atoms with Crippen molar-refractivity contribution in [1.29, 1.82) is 0 Å². The van der Waals surface area contributed by atoms with Crippen molar-refractivity contribution >= 4 is 17.6 Å². The zero-order valence-corrected chi connectivity index (χ0v) is 14.1. The normalized spacial score (nSPS) is 15.0. The molecule has 1 fully saturated rings. The van der Waals surface area contributed by atoms with Crippen LogP contribution < -0.4 is 16.4 Å². The predicted octanol–water partition coefficient (Wildman–Crippen LogP) is 1.66. The standard InChI is InChI=1S/C17H25N7/c1-23(12-15-20-16(18)22-17(19)21-15)11-13-7-3-4-8-14(13)24-9-5-2-6-10-24/h3-4,7-8H,2,5-6,9-12H2,1H3,(H4,18,19,20,21,22). The number of nitrogen functional groups attached to an aromatic ring is 2. The molecule has 0 unspecified atom stereocenters. The van der Waals surface area contributed by atoms with Crippen LogP contribution in [0.4, 0.5) is 17.6 Å². The Labute approximate surface area is 142 Å². The summed E-state index contributed by atoms with van der Waals surface area (Å²) in [6.07, 6.45) is 3.88. The van der Waals surface area contributed by atoms with E-state index >= 15 is 0 Å². The Hall–Kier alpha value is -2.41. The van der Waals surface area contributed by atoms with Gasteiger partial charge < -0.3 is 16.4 Å². The molecular formula is C17H25N7. The van der Waals surface area contributed by atoms with Crippen LogP contribution in [0.3, 0.4) is 0 Å². The number of hydrogen-bond donors (Lipinski definition) is 2. The minimum atomic E-state index is 0.166. The third-order valence-electron chi connectivity index (χ3n) is 4.26. The number of piperidine rings is 1. The molecule has 1 aromatic carbocycles. The van der Waals surface area contributed by atoms with Crippen molar-refractivity contribution in [2.45, 2.75) is 32.4 Å². The molecule has 7 heteroatoms. The van der Waals surface area contributed by atoms with E-state index in [1.165, 1.54) is 30.5 Å². The molecule has 0 saturated carbocycles. The molecule has 1 aromatic heterocycles. The van der Waals surface area contributed by atoms with Crippen LogP contribution in [0, 0.1) is 0 Å². The van der Waals surface area contributed by atoms with E-state index in [1.54, 1.807) is 0 Å². The molecule has 0 amide bonds. The zero-order valence-electron chi connectivity index (χ0n) is 14.1. The Morgan fingerprint density at radius 1 is 0.958 bits per heavy atom. The first-order chi connectivity index (χ1) is 11.6. The number of anilines is 3. The van der Waals surface area contributed by atoms with Crippen molar-refractivity contribution < 1.29 is 0 Å². The number of rotatable bonds is 5. The van der Waals surface area contributed by atoms with Crippen molar-refractivity contribution in [3.8, 4) is 0 Å². The Kier molecular flexibility index (Phi) is 5.10. The molecule has 0 radical (unpaired) electrons. The molecule has 0 bridgehead atoms. The lowest BCUT2D eigenvalue weighted by Crippen LogP contribution is -2.31. The molecule has 0 aliphatic carbocycles. The lowest BCUT2D eigenvalue weighted by Gasteiger charge is -2.31. The second kappa shape index (κ2) is 7.44. The highest BCUT2D eigenvalue weighted by Gasteiger charge is 2.15. The van der Waals surface area contributed by atoms with Crippen molar-refractivity contribution in [3.63, 3.8) is 0 Å². The van der Waals surface area contributed by atoms with Crippen LogP contribution in [0.1, 0.15) is 30.7 Å². The summed E-state index contributed by atoms with van der Waals surface area (Å²) < 4.78 is 0. The van der Waals surface area contributed by atoms with E-state index in [0.717, 1.165) is 19.6 Å². The molecule has 0 atom stereocenters. The van der Waals surface area contributed by atoms with Gasteiger partial charge >= 0.3 is 0 Å². The minimum absolute atomic E-state index is 0.166. The van der Waals surface area contributed by atoms with Crippen molar-refractivity contribution in [3.05, 3.63) is 35.7 Å². The SMILES string of the molecule is CN(Cc1nc(N)nc(N)n1)Cc1ccccc1N1CCCCC1. The first-order valence-electron chi connectivity index (χ1n) is 8.39. The quantitative estimate of drug-likeness (QED) is 0.862. The number of benzene rings is 1. The summed E-state index contributed by atoms with van der Waals surface area (Å²) in [5.74, 6) is 0.928. The molecule has 1 aliphatic rings. The van der Waals surface area contributed by atoms with E-state index in [-0.39, 0.29) is 11.9 Å². The molecule has 1 aliphatic heterocycles. The average molecular weight is 327 g/mol. The summed E-state index contributed by atoms with van der Waals surface area (Å²) in [6.45, 7) is 3.67. The third kappa shape index (κ3) is 4.11. The van der Waals surface area contributed by atoms with Crippen LogP contribution in [0.15, 0.2) is 24.3 Å². The predicted molar refractivity (Wildman–Crippen MR) is 96.3 cm³/mol. The van der Waals surface area contributed by atoms with Gasteiger partial charge in [0.2, 0.25) is 11.9 Å². The number of nitrogens with two attached hydrogens (primary N) is 2. The van der Waals surface area contributed by atoms with E-state index in [4.69, 9.17) is 11.5 Å². The second-order valence-corrected chi connectivity index (χ2v) is 6.32. The van der Waals surface area contributed by atoms with Crippen molar-refractivity contribution in [2.75, 3.05) is 36.5 Å². The fourth-order valence-electron chi connectivity index (χ4n) is 3.20. The first kappa shape index (κ1) is 16.4. The summed E-state index contributed by atoms with van der Waals surface area (Å²) in [5.41, 5.74) is 13.9. The van der Waals surface area contributed by atoms with E-state index in [1.807, 2.05) is 7.05 Å². The molecule has 4 N–H and O–H groups in total. The van der Waals surface area contributed by atoms with Gasteiger partial charge in [-0.2, -0.15) is 15.0 Å². The van der Waals surface area contributed by atoms with E-state index < -0.39 is 0 Å². The van der Waals surface area contributed by atoms with Crippen molar-refractivity contribution in [1.82, 2.24) is 19.9 Å². The summed E-state index contributed by atoms with van der Waals surface area (Å²) in [7, 11) is 2.04. The molecule has 2 aromatic rings. The maximum Gasteiger partial charge on any atom is 0.225 e. The van der Waals surface area contributed by atoms with Crippen LogP contribution >= 0.6 is 0 Å². The summed E-state index contributed by atoms with van der Waals surface area (Å²) in [6, 6.07) is 8.61. The van der Waals surface area contributed by atoms with Crippen LogP contribution in [-0.2, 0) is 13.1 Å². The highest BCUT2D eigenvalue weighted by Crippen LogP contribution is 2.25. The van der Waals surface area contributed by atoms with Gasteiger partial charge in [0.1, 0.15) is 5.82 Å². The maximum atomic E-state index is 5.64. The molecular weight excluding hydrogens is 302 g/mol. The summed E-state index contributed by atoms with van der Waals surface area (Å²) in [4.78, 5) is 16.8. The lowest BCUT2D eigenvalue weighted by atomic mass is 10.1. The second-order valence-electron chi connectivity index (χ2n) is 6.32. The fourth-order valence-corrected chi connectivity index (χ4v) is 3.20. The summed E-state index contributed by atoms with van der Waals surface area (Å²) in [5, 5.41) is 0. The molecule has 7 nitrogen and oxygen atoms in total. The van der Waals surface area contributed by atoms with E-state index in [2.05, 4.69) is 49.0 Å². The average Bonchev–Trinajstić information content (AvgIpc) is 2.55. The van der Waals surface area contributed by atoms with E-state index in [0.29, 0.717) is 12.4 Å². The number of para-hydroxylation sites is 1. The van der Waals surface area contributed by atoms with Gasteiger partial charge in [-0.25, -0.2) is 0 Å². The first-order valence-corrected chi connectivity index (χ1v) is 8.39. The highest BCUT2D eigenvalue weighted by atomic mass is 15.2. The fraction of sp³-hybridized carbons (Fsp3) is 0.471. The zero-order chi connectivity index (χ0) is 16.9. The van der Waals surface area contributed by atoms with Gasteiger partial charge in [-0.3, -0.25) is 4.90 Å². The van der Waals surface area contributed by atoms with Gasteiger partial charge in [0.15, 0.2) is 0 Å². The molecule has 24 heavy (non-hydrogen) atoms. The maximum absolute atomic E-state index is 5.64. The van der Waals surface area contributed by atoms with Gasteiger partial charge in [0, 0.05) is 25.3 Å². The molecule has 0 spiro atoms. The topological polar surface area (TPSA) is 97.2 Å². The largest absolute Gasteiger partial charge is 0.371 e. The van der Waals surface area contributed by atoms with Crippen LogP contribution in [0.25, 0.3) is 0 Å². The molecule has 2 heterocycles. The summed E-state index contributed by atoms with van der Waals surface area (Å²) >= 11 is 0. The molecule has 128 valence electrons. The third-order valence-corrected chi connectivity index (χ3v) is 4.26. The van der Waals surface area contributed by atoms with Crippen LogP contribution in [0.5, 0.6) is 0 Å². The smallest absolute Gasteiger partial charge is 0.225 e. The van der Waals surface area contributed by atoms with Crippen molar-refractivity contribution in [2.24, 2.45) is 0 Å².